The van der Waals surface area contributed by atoms with E-state index in [0.29, 0.717) is 11.4 Å². The van der Waals surface area contributed by atoms with Gasteiger partial charge in [0.1, 0.15) is 11.3 Å². The van der Waals surface area contributed by atoms with Gasteiger partial charge in [-0.15, -0.1) is 0 Å². The van der Waals surface area contributed by atoms with Gasteiger partial charge in [0.15, 0.2) is 0 Å². The molecule has 18 heavy (non-hydrogen) atoms. The second kappa shape index (κ2) is 4.28. The number of aryl methyl sites for hydroxylation is 1. The average Bonchev–Trinajstić information content (AvgIpc) is 2.58. The third-order valence-electron chi connectivity index (χ3n) is 3.13. The van der Waals surface area contributed by atoms with E-state index in [1.54, 1.807) is 19.9 Å². The number of hydrogen-bond donors (Lipinski definition) is 1. The molecule has 1 aromatic heterocycles. The summed E-state index contributed by atoms with van der Waals surface area (Å²) in [5.41, 5.74) is 0.790. The van der Waals surface area contributed by atoms with E-state index in [-0.39, 0.29) is 0 Å². The zero-order valence-electron chi connectivity index (χ0n) is 10.6. The van der Waals surface area contributed by atoms with Crippen LogP contribution in [0.2, 0.25) is 5.02 Å². The van der Waals surface area contributed by atoms with Crippen molar-refractivity contribution < 1.29 is 9.90 Å². The molecule has 0 saturated heterocycles. The Morgan fingerprint density at radius 3 is 2.72 bits per heavy atom. The third kappa shape index (κ3) is 2.08. The van der Waals surface area contributed by atoms with Crippen LogP contribution in [-0.4, -0.2) is 20.6 Å². The molecule has 0 unspecified atom stereocenters. The smallest absolute Gasteiger partial charge is 0.309 e. The molecule has 1 N–H and O–H groups in total. The van der Waals surface area contributed by atoms with Crippen LogP contribution in [0.5, 0.6) is 0 Å². The molecular weight excluding hydrogens is 252 g/mol. The van der Waals surface area contributed by atoms with Crippen molar-refractivity contribution in [2.45, 2.75) is 20.3 Å². The van der Waals surface area contributed by atoms with Gasteiger partial charge in [0, 0.05) is 13.5 Å². The number of benzene rings is 1. The topological polar surface area (TPSA) is 55.1 Å². The van der Waals surface area contributed by atoms with E-state index in [9.17, 15) is 4.79 Å². The van der Waals surface area contributed by atoms with E-state index in [0.717, 1.165) is 16.9 Å². The van der Waals surface area contributed by atoms with Crippen LogP contribution in [0.3, 0.4) is 0 Å². The molecule has 96 valence electrons. The van der Waals surface area contributed by atoms with Gasteiger partial charge in [-0.05, 0) is 26.0 Å². The van der Waals surface area contributed by atoms with Crippen molar-refractivity contribution in [3.63, 3.8) is 0 Å². The highest BCUT2D eigenvalue weighted by Gasteiger charge is 2.29. The van der Waals surface area contributed by atoms with E-state index >= 15 is 0 Å². The molecule has 0 spiro atoms. The van der Waals surface area contributed by atoms with Crippen molar-refractivity contribution in [3.05, 3.63) is 29.0 Å². The first-order valence-corrected chi connectivity index (χ1v) is 6.04. The summed E-state index contributed by atoms with van der Waals surface area (Å²) in [5.74, 6) is -0.105. The van der Waals surface area contributed by atoms with Crippen molar-refractivity contribution in [3.8, 4) is 0 Å². The molecule has 0 atom stereocenters. The number of carbonyl (C=O) groups is 1. The molecule has 0 bridgehead atoms. The summed E-state index contributed by atoms with van der Waals surface area (Å²) < 4.78 is 1.89. The fraction of sp³-hybridized carbons (Fsp3) is 0.385. The predicted octanol–water partition coefficient (Wildman–Crippen LogP) is 2.88. The number of halogens is 1. The van der Waals surface area contributed by atoms with Gasteiger partial charge < -0.3 is 9.67 Å². The lowest BCUT2D eigenvalue weighted by atomic mass is 9.89. The summed E-state index contributed by atoms with van der Waals surface area (Å²) in [7, 11) is 1.87. The molecule has 1 heterocycles. The maximum absolute atomic E-state index is 11.2. The fourth-order valence-corrected chi connectivity index (χ4v) is 2.07. The summed E-state index contributed by atoms with van der Waals surface area (Å²) in [4.78, 5) is 15.6. The second-order valence-corrected chi connectivity index (χ2v) is 5.47. The first-order chi connectivity index (χ1) is 8.33. The normalized spacial score (nSPS) is 12.0. The zero-order chi connectivity index (χ0) is 13.5. The quantitative estimate of drug-likeness (QED) is 0.929. The Labute approximate surface area is 110 Å². The Hall–Kier alpha value is -1.55. The van der Waals surface area contributed by atoms with Crippen LogP contribution in [0.1, 0.15) is 19.7 Å². The molecule has 0 fully saturated rings. The zero-order valence-corrected chi connectivity index (χ0v) is 11.3. The molecule has 2 rings (SSSR count). The molecule has 0 amide bonds. The molecule has 5 heteroatoms. The first-order valence-electron chi connectivity index (χ1n) is 5.66. The monoisotopic (exact) mass is 266 g/mol. The predicted molar refractivity (Wildman–Crippen MR) is 70.8 cm³/mol. The van der Waals surface area contributed by atoms with Gasteiger partial charge in [-0.2, -0.15) is 0 Å². The standard InChI is InChI=1S/C13H15ClN2O2/c1-13(2,12(17)18)7-10-15-11-8(14)5-4-6-9(11)16(10)3/h4-6H,7H2,1-3H3,(H,17,18). The molecule has 0 aliphatic heterocycles. The number of imidazole rings is 1. The van der Waals surface area contributed by atoms with Crippen LogP contribution in [0.25, 0.3) is 11.0 Å². The van der Waals surface area contributed by atoms with Gasteiger partial charge in [-0.1, -0.05) is 17.7 Å². The molecule has 0 saturated carbocycles. The van der Waals surface area contributed by atoms with Crippen molar-refractivity contribution in [1.29, 1.82) is 0 Å². The van der Waals surface area contributed by atoms with Gasteiger partial charge >= 0.3 is 5.97 Å². The molecular formula is C13H15ClN2O2. The van der Waals surface area contributed by atoms with Crippen molar-refractivity contribution in [1.82, 2.24) is 9.55 Å². The minimum Gasteiger partial charge on any atom is -0.481 e. The van der Waals surface area contributed by atoms with E-state index < -0.39 is 11.4 Å². The molecule has 0 aliphatic carbocycles. The average molecular weight is 267 g/mol. The number of rotatable bonds is 3. The Morgan fingerprint density at radius 1 is 1.50 bits per heavy atom. The highest BCUT2D eigenvalue weighted by atomic mass is 35.5. The number of carboxylic acid groups (broad SMARTS) is 1. The summed E-state index contributed by atoms with van der Waals surface area (Å²) in [6.07, 6.45) is 0.365. The third-order valence-corrected chi connectivity index (χ3v) is 3.44. The number of hydrogen-bond acceptors (Lipinski definition) is 2. The molecule has 1 aromatic carbocycles. The largest absolute Gasteiger partial charge is 0.481 e. The lowest BCUT2D eigenvalue weighted by molar-refractivity contribution is -0.146. The highest BCUT2D eigenvalue weighted by molar-refractivity contribution is 6.34. The van der Waals surface area contributed by atoms with E-state index in [2.05, 4.69) is 4.98 Å². The number of aromatic nitrogens is 2. The van der Waals surface area contributed by atoms with Crippen LogP contribution < -0.4 is 0 Å². The Morgan fingerprint density at radius 2 is 2.17 bits per heavy atom. The summed E-state index contributed by atoms with van der Waals surface area (Å²) >= 11 is 6.08. The SMILES string of the molecule is Cn1c(CC(C)(C)C(=O)O)nc2c(Cl)cccc21. The van der Waals surface area contributed by atoms with E-state index in [1.807, 2.05) is 23.7 Å². The van der Waals surface area contributed by atoms with Gasteiger partial charge in [-0.25, -0.2) is 4.98 Å². The maximum Gasteiger partial charge on any atom is 0.309 e. The van der Waals surface area contributed by atoms with Crippen LogP contribution in [0.15, 0.2) is 18.2 Å². The van der Waals surface area contributed by atoms with Gasteiger partial charge in [-0.3, -0.25) is 4.79 Å². The molecule has 0 aliphatic rings. The Balaban J connectivity index is 2.50. The van der Waals surface area contributed by atoms with Gasteiger partial charge in [0.05, 0.1) is 16.0 Å². The highest BCUT2D eigenvalue weighted by Crippen LogP contribution is 2.27. The lowest BCUT2D eigenvalue weighted by Crippen LogP contribution is -2.27. The summed E-state index contributed by atoms with van der Waals surface area (Å²) in [6, 6.07) is 5.56. The summed E-state index contributed by atoms with van der Waals surface area (Å²) in [6.45, 7) is 3.38. The Bertz CT molecular complexity index is 617. The van der Waals surface area contributed by atoms with Crippen LogP contribution in [0, 0.1) is 5.41 Å². The van der Waals surface area contributed by atoms with E-state index in [4.69, 9.17) is 16.7 Å². The van der Waals surface area contributed by atoms with E-state index in [1.165, 1.54) is 0 Å². The van der Waals surface area contributed by atoms with Gasteiger partial charge in [0.25, 0.3) is 0 Å². The number of para-hydroxylation sites is 1. The number of fused-ring (bicyclic) bond motifs is 1. The van der Waals surface area contributed by atoms with Crippen molar-refractivity contribution in [2.75, 3.05) is 0 Å². The number of nitrogens with zero attached hydrogens (tertiary/aromatic N) is 2. The molecule has 2 aromatic rings. The van der Waals surface area contributed by atoms with Gasteiger partial charge in [0.2, 0.25) is 0 Å². The minimum atomic E-state index is -0.846. The maximum atomic E-state index is 11.2. The second-order valence-electron chi connectivity index (χ2n) is 5.06. The van der Waals surface area contributed by atoms with Crippen LogP contribution >= 0.6 is 11.6 Å². The Kier molecular flexibility index (Phi) is 3.07. The number of aliphatic carboxylic acids is 1. The van der Waals surface area contributed by atoms with Crippen LogP contribution in [-0.2, 0) is 18.3 Å². The van der Waals surface area contributed by atoms with Crippen LogP contribution in [0.4, 0.5) is 0 Å². The fourth-order valence-electron chi connectivity index (χ4n) is 1.86. The molecule has 4 nitrogen and oxygen atoms in total. The van der Waals surface area contributed by atoms with Crippen molar-refractivity contribution in [2.24, 2.45) is 12.5 Å². The van der Waals surface area contributed by atoms with Crippen molar-refractivity contribution >= 4 is 28.6 Å². The first kappa shape index (κ1) is 12.9. The lowest BCUT2D eigenvalue weighted by Gasteiger charge is -2.18. The molecule has 0 radical (unpaired) electrons. The minimum absolute atomic E-state index is 0.365. The summed E-state index contributed by atoms with van der Waals surface area (Å²) in [5, 5.41) is 9.75. The number of carboxylic acids is 1.